The summed E-state index contributed by atoms with van der Waals surface area (Å²) >= 11 is 0. The van der Waals surface area contributed by atoms with Crippen molar-refractivity contribution in [3.05, 3.63) is 52.1 Å². The Morgan fingerprint density at radius 3 is 2.94 bits per heavy atom. The summed E-state index contributed by atoms with van der Waals surface area (Å²) in [5.74, 6) is 0.590. The smallest absolute Gasteiger partial charge is 0.194 e. The van der Waals surface area contributed by atoms with Crippen LogP contribution in [0.25, 0.3) is 10.9 Å². The number of rotatable bonds is 2. The topological polar surface area (TPSA) is 76.5 Å². The van der Waals surface area contributed by atoms with Gasteiger partial charge in [0.25, 0.3) is 0 Å². The Hall–Kier alpha value is -2.50. The van der Waals surface area contributed by atoms with Crippen LogP contribution in [0.4, 0.5) is 0 Å². The summed E-state index contributed by atoms with van der Waals surface area (Å²) in [5, 5.41) is 14.5. The van der Waals surface area contributed by atoms with E-state index in [0.29, 0.717) is 17.8 Å². The summed E-state index contributed by atoms with van der Waals surface area (Å²) in [5.41, 5.74) is 1.79. The number of nitrogens with one attached hydrogen (secondary N) is 1. The fourth-order valence-electron chi connectivity index (χ4n) is 2.05. The SMILES string of the molecule is Cc1cc(=O)c2ccccc2n1Cc1nn[nH]n1. The van der Waals surface area contributed by atoms with Crippen molar-refractivity contribution in [3.63, 3.8) is 0 Å². The van der Waals surface area contributed by atoms with Crippen LogP contribution in [-0.2, 0) is 6.54 Å². The molecular formula is C12H11N5O. The molecule has 6 nitrogen and oxygen atoms in total. The van der Waals surface area contributed by atoms with Gasteiger partial charge in [0.05, 0.1) is 12.1 Å². The molecule has 3 rings (SSSR count). The Labute approximate surface area is 102 Å². The Morgan fingerprint density at radius 2 is 2.17 bits per heavy atom. The molecule has 0 saturated carbocycles. The van der Waals surface area contributed by atoms with Crippen molar-refractivity contribution in [2.75, 3.05) is 0 Å². The molecule has 90 valence electrons. The van der Waals surface area contributed by atoms with E-state index in [-0.39, 0.29) is 5.43 Å². The molecule has 1 N–H and O–H groups in total. The third-order valence-electron chi connectivity index (χ3n) is 2.91. The van der Waals surface area contributed by atoms with Gasteiger partial charge in [0.15, 0.2) is 11.3 Å². The van der Waals surface area contributed by atoms with Crippen molar-refractivity contribution in [1.29, 1.82) is 0 Å². The van der Waals surface area contributed by atoms with Crippen LogP contribution in [0.1, 0.15) is 11.5 Å². The van der Waals surface area contributed by atoms with E-state index in [1.807, 2.05) is 35.8 Å². The fourth-order valence-corrected chi connectivity index (χ4v) is 2.05. The minimum atomic E-state index is 0.0347. The molecule has 6 heteroatoms. The van der Waals surface area contributed by atoms with Gasteiger partial charge in [-0.3, -0.25) is 4.79 Å². The van der Waals surface area contributed by atoms with Crippen molar-refractivity contribution >= 4 is 10.9 Å². The number of nitrogens with zero attached hydrogens (tertiary/aromatic N) is 4. The molecule has 0 aliphatic rings. The normalized spacial score (nSPS) is 10.9. The van der Waals surface area contributed by atoms with Gasteiger partial charge in [-0.05, 0) is 19.1 Å². The zero-order valence-corrected chi connectivity index (χ0v) is 9.79. The summed E-state index contributed by atoms with van der Waals surface area (Å²) in [6.45, 7) is 2.39. The average Bonchev–Trinajstić information content (AvgIpc) is 2.87. The summed E-state index contributed by atoms with van der Waals surface area (Å²) in [6.07, 6.45) is 0. The van der Waals surface area contributed by atoms with Gasteiger partial charge in [0, 0.05) is 17.1 Å². The van der Waals surface area contributed by atoms with Crippen LogP contribution in [0, 0.1) is 6.92 Å². The minimum Gasteiger partial charge on any atom is -0.337 e. The molecular weight excluding hydrogens is 230 g/mol. The molecule has 0 amide bonds. The maximum Gasteiger partial charge on any atom is 0.194 e. The van der Waals surface area contributed by atoms with Crippen molar-refractivity contribution < 1.29 is 0 Å². The van der Waals surface area contributed by atoms with E-state index in [1.165, 1.54) is 0 Å². The van der Waals surface area contributed by atoms with E-state index in [4.69, 9.17) is 0 Å². The number of tetrazole rings is 1. The van der Waals surface area contributed by atoms with E-state index in [1.54, 1.807) is 6.07 Å². The molecule has 0 spiro atoms. The lowest BCUT2D eigenvalue weighted by Gasteiger charge is -2.12. The maximum atomic E-state index is 11.9. The highest BCUT2D eigenvalue weighted by Gasteiger charge is 2.08. The van der Waals surface area contributed by atoms with Gasteiger partial charge in [-0.25, -0.2) is 0 Å². The maximum absolute atomic E-state index is 11.9. The number of fused-ring (bicyclic) bond motifs is 1. The van der Waals surface area contributed by atoms with E-state index < -0.39 is 0 Å². The molecule has 0 bridgehead atoms. The summed E-state index contributed by atoms with van der Waals surface area (Å²) in [4.78, 5) is 11.9. The third kappa shape index (κ3) is 1.67. The molecule has 0 unspecified atom stereocenters. The lowest BCUT2D eigenvalue weighted by atomic mass is 10.2. The molecule has 18 heavy (non-hydrogen) atoms. The molecule has 0 saturated heterocycles. The lowest BCUT2D eigenvalue weighted by molar-refractivity contribution is 0.743. The van der Waals surface area contributed by atoms with Crippen molar-refractivity contribution in [2.45, 2.75) is 13.5 Å². The van der Waals surface area contributed by atoms with Crippen LogP contribution in [0.15, 0.2) is 35.1 Å². The summed E-state index contributed by atoms with van der Waals surface area (Å²) < 4.78 is 2.00. The first-order chi connectivity index (χ1) is 8.75. The van der Waals surface area contributed by atoms with Crippen molar-refractivity contribution in [1.82, 2.24) is 25.2 Å². The highest BCUT2D eigenvalue weighted by molar-refractivity contribution is 5.79. The second-order valence-electron chi connectivity index (χ2n) is 4.08. The van der Waals surface area contributed by atoms with Gasteiger partial charge >= 0.3 is 0 Å². The van der Waals surface area contributed by atoms with Crippen molar-refractivity contribution in [2.24, 2.45) is 0 Å². The molecule has 0 fully saturated rings. The second kappa shape index (κ2) is 4.06. The van der Waals surface area contributed by atoms with Crippen LogP contribution in [-0.4, -0.2) is 25.2 Å². The predicted molar refractivity (Wildman–Crippen MR) is 66.2 cm³/mol. The Bertz CT molecular complexity index is 745. The van der Waals surface area contributed by atoms with Crippen LogP contribution >= 0.6 is 0 Å². The van der Waals surface area contributed by atoms with Crippen LogP contribution in [0.3, 0.4) is 0 Å². The standard InChI is InChI=1S/C12H11N5O/c1-8-6-11(18)9-4-2-3-5-10(9)17(8)7-12-13-15-16-14-12/h2-6H,7H2,1H3,(H,13,14,15,16). The number of benzene rings is 1. The van der Waals surface area contributed by atoms with Crippen LogP contribution < -0.4 is 5.43 Å². The Balaban J connectivity index is 2.25. The van der Waals surface area contributed by atoms with Crippen LogP contribution in [0.5, 0.6) is 0 Å². The first kappa shape index (κ1) is 10.6. The fraction of sp³-hybridized carbons (Fsp3) is 0.167. The van der Waals surface area contributed by atoms with E-state index in [0.717, 1.165) is 11.2 Å². The first-order valence-corrected chi connectivity index (χ1v) is 5.57. The Kier molecular flexibility index (Phi) is 2.40. The lowest BCUT2D eigenvalue weighted by Crippen LogP contribution is -2.13. The molecule has 0 radical (unpaired) electrons. The van der Waals surface area contributed by atoms with Crippen molar-refractivity contribution in [3.8, 4) is 0 Å². The molecule has 0 aliphatic heterocycles. The number of para-hydroxylation sites is 1. The summed E-state index contributed by atoms with van der Waals surface area (Å²) in [6, 6.07) is 9.14. The second-order valence-corrected chi connectivity index (χ2v) is 4.08. The quantitative estimate of drug-likeness (QED) is 0.722. The van der Waals surface area contributed by atoms with Gasteiger partial charge in [-0.1, -0.05) is 17.3 Å². The summed E-state index contributed by atoms with van der Waals surface area (Å²) in [7, 11) is 0. The number of pyridine rings is 1. The van der Waals surface area contributed by atoms with Gasteiger partial charge in [0.1, 0.15) is 0 Å². The molecule has 3 aromatic rings. The highest BCUT2D eigenvalue weighted by Crippen LogP contribution is 2.13. The van der Waals surface area contributed by atoms with E-state index >= 15 is 0 Å². The number of aromatic amines is 1. The molecule has 2 aromatic heterocycles. The van der Waals surface area contributed by atoms with Gasteiger partial charge in [-0.2, -0.15) is 5.21 Å². The van der Waals surface area contributed by atoms with Gasteiger partial charge in [-0.15, -0.1) is 10.2 Å². The zero-order chi connectivity index (χ0) is 12.5. The number of hydrogen-bond acceptors (Lipinski definition) is 4. The van der Waals surface area contributed by atoms with Gasteiger partial charge in [0.2, 0.25) is 0 Å². The number of aryl methyl sites for hydroxylation is 1. The molecule has 0 atom stereocenters. The molecule has 2 heterocycles. The number of aromatic nitrogens is 5. The molecule has 1 aromatic carbocycles. The monoisotopic (exact) mass is 241 g/mol. The number of H-pyrrole nitrogens is 1. The third-order valence-corrected chi connectivity index (χ3v) is 2.91. The zero-order valence-electron chi connectivity index (χ0n) is 9.79. The van der Waals surface area contributed by atoms with Gasteiger partial charge < -0.3 is 4.57 Å². The predicted octanol–water partition coefficient (Wildman–Crippen LogP) is 0.871. The first-order valence-electron chi connectivity index (χ1n) is 5.57. The Morgan fingerprint density at radius 1 is 1.33 bits per heavy atom. The van der Waals surface area contributed by atoms with E-state index in [9.17, 15) is 4.79 Å². The average molecular weight is 241 g/mol. The number of hydrogen-bond donors (Lipinski definition) is 1. The van der Waals surface area contributed by atoms with Crippen LogP contribution in [0.2, 0.25) is 0 Å². The highest BCUT2D eigenvalue weighted by atomic mass is 16.1. The minimum absolute atomic E-state index is 0.0347. The molecule has 0 aliphatic carbocycles. The largest absolute Gasteiger partial charge is 0.337 e. The van der Waals surface area contributed by atoms with E-state index in [2.05, 4.69) is 20.6 Å².